The number of rotatable bonds is 6. The second-order valence-electron chi connectivity index (χ2n) is 3.49. The van der Waals surface area contributed by atoms with Crippen molar-refractivity contribution in [2.45, 2.75) is 31.1 Å². The predicted octanol–water partition coefficient (Wildman–Crippen LogP) is 3.73. The van der Waals surface area contributed by atoms with Crippen LogP contribution in [-0.4, -0.2) is 12.3 Å². The third-order valence-corrected chi connectivity index (χ3v) is 3.63. The van der Waals surface area contributed by atoms with Crippen molar-refractivity contribution in [1.82, 2.24) is 0 Å². The molecule has 0 heterocycles. The van der Waals surface area contributed by atoms with Crippen LogP contribution < -0.4 is 5.73 Å². The Hall–Kier alpha value is -0.180. The summed E-state index contributed by atoms with van der Waals surface area (Å²) in [6, 6.07) is 6.09. The molecule has 0 aliphatic heterocycles. The molecule has 1 nitrogen and oxygen atoms in total. The molecule has 2 N–H and O–H groups in total. The smallest absolute Gasteiger partial charge is 0.0409 e. The summed E-state index contributed by atoms with van der Waals surface area (Å²) in [5.41, 5.74) is 6.87. The van der Waals surface area contributed by atoms with Gasteiger partial charge in [0, 0.05) is 9.92 Å². The van der Waals surface area contributed by atoms with E-state index < -0.39 is 0 Å². The molecule has 0 radical (unpaired) electrons. The summed E-state index contributed by atoms with van der Waals surface area (Å²) in [5.74, 6) is 1.18. The summed E-state index contributed by atoms with van der Waals surface area (Å²) in [6.07, 6.45) is 3.41. The Morgan fingerprint density at radius 1 is 1.40 bits per heavy atom. The van der Waals surface area contributed by atoms with Crippen LogP contribution in [0, 0.1) is 0 Å². The van der Waals surface area contributed by atoms with Gasteiger partial charge in [-0.25, -0.2) is 0 Å². The highest BCUT2D eigenvalue weighted by Crippen LogP contribution is 2.26. The van der Waals surface area contributed by atoms with Crippen LogP contribution in [0.4, 0.5) is 0 Å². The number of unbranched alkanes of at least 4 members (excludes halogenated alkanes) is 1. The minimum Gasteiger partial charge on any atom is -0.330 e. The van der Waals surface area contributed by atoms with Crippen LogP contribution in [0.2, 0.25) is 5.02 Å². The number of benzene rings is 1. The second kappa shape index (κ2) is 7.15. The molecule has 0 fully saturated rings. The third kappa shape index (κ3) is 4.45. The van der Waals surface area contributed by atoms with Gasteiger partial charge >= 0.3 is 0 Å². The molecule has 0 unspecified atom stereocenters. The van der Waals surface area contributed by atoms with Gasteiger partial charge in [0.05, 0.1) is 0 Å². The monoisotopic (exact) mass is 243 g/mol. The fourth-order valence-electron chi connectivity index (χ4n) is 1.37. The Bertz CT molecular complexity index is 302. The van der Waals surface area contributed by atoms with Gasteiger partial charge < -0.3 is 5.73 Å². The van der Waals surface area contributed by atoms with E-state index in [-0.39, 0.29) is 0 Å². The third-order valence-electron chi connectivity index (χ3n) is 2.19. The zero-order valence-electron chi connectivity index (χ0n) is 9.13. The maximum absolute atomic E-state index is 5.96. The largest absolute Gasteiger partial charge is 0.330 e. The lowest BCUT2D eigenvalue weighted by atomic mass is 10.1. The highest BCUT2D eigenvalue weighted by molar-refractivity contribution is 7.99. The first-order valence-corrected chi connectivity index (χ1v) is 6.75. The molecule has 3 heteroatoms. The minimum atomic E-state index is 0.682. The summed E-state index contributed by atoms with van der Waals surface area (Å²) >= 11 is 7.87. The number of hydrogen-bond donors (Lipinski definition) is 1. The van der Waals surface area contributed by atoms with Gasteiger partial charge in [-0.2, -0.15) is 0 Å². The number of thioether (sulfide) groups is 1. The van der Waals surface area contributed by atoms with Gasteiger partial charge in [-0.3, -0.25) is 0 Å². The molecular weight excluding hydrogens is 226 g/mol. The maximum atomic E-state index is 5.96. The average molecular weight is 244 g/mol. The van der Waals surface area contributed by atoms with E-state index in [1.54, 1.807) is 0 Å². The zero-order chi connectivity index (χ0) is 11.1. The Kier molecular flexibility index (Phi) is 6.15. The molecule has 1 aromatic carbocycles. The van der Waals surface area contributed by atoms with Gasteiger partial charge in [0.1, 0.15) is 0 Å². The lowest BCUT2D eigenvalue weighted by Gasteiger charge is -2.08. The Morgan fingerprint density at radius 2 is 2.20 bits per heavy atom. The molecule has 15 heavy (non-hydrogen) atoms. The van der Waals surface area contributed by atoms with Gasteiger partial charge in [-0.15, -0.1) is 11.8 Å². The summed E-state index contributed by atoms with van der Waals surface area (Å²) in [4.78, 5) is 1.33. The second-order valence-corrected chi connectivity index (χ2v) is 5.07. The first-order valence-electron chi connectivity index (χ1n) is 5.39. The van der Waals surface area contributed by atoms with E-state index in [1.165, 1.54) is 29.1 Å². The van der Waals surface area contributed by atoms with Gasteiger partial charge in [0.25, 0.3) is 0 Å². The first kappa shape index (κ1) is 12.9. The lowest BCUT2D eigenvalue weighted by molar-refractivity contribution is 0.894. The molecule has 0 saturated heterocycles. The van der Waals surface area contributed by atoms with E-state index in [4.69, 9.17) is 17.3 Å². The Labute approximate surface area is 101 Å². The van der Waals surface area contributed by atoms with Crippen LogP contribution in [-0.2, 0) is 6.42 Å². The van der Waals surface area contributed by atoms with Crippen molar-refractivity contribution in [3.63, 3.8) is 0 Å². The van der Waals surface area contributed by atoms with Crippen LogP contribution in [0.5, 0.6) is 0 Å². The summed E-state index contributed by atoms with van der Waals surface area (Å²) in [6.45, 7) is 2.89. The van der Waals surface area contributed by atoms with Crippen LogP contribution in [0.1, 0.15) is 25.3 Å². The van der Waals surface area contributed by atoms with E-state index >= 15 is 0 Å². The molecule has 0 aromatic heterocycles. The molecule has 0 bridgehead atoms. The van der Waals surface area contributed by atoms with Crippen molar-refractivity contribution in [3.8, 4) is 0 Å². The van der Waals surface area contributed by atoms with E-state index in [0.29, 0.717) is 6.54 Å². The first-order chi connectivity index (χ1) is 7.27. The summed E-state index contributed by atoms with van der Waals surface area (Å²) in [7, 11) is 0. The van der Waals surface area contributed by atoms with E-state index in [1.807, 2.05) is 23.9 Å². The van der Waals surface area contributed by atoms with Crippen LogP contribution in [0.15, 0.2) is 23.1 Å². The van der Waals surface area contributed by atoms with E-state index in [2.05, 4.69) is 13.0 Å². The van der Waals surface area contributed by atoms with Crippen molar-refractivity contribution in [1.29, 1.82) is 0 Å². The molecule has 0 saturated carbocycles. The van der Waals surface area contributed by atoms with Gasteiger partial charge in [-0.1, -0.05) is 24.9 Å². The molecule has 1 aromatic rings. The zero-order valence-corrected chi connectivity index (χ0v) is 10.7. The highest BCUT2D eigenvalue weighted by Gasteiger charge is 2.03. The fraction of sp³-hybridized carbons (Fsp3) is 0.500. The molecule has 84 valence electrons. The van der Waals surface area contributed by atoms with Crippen molar-refractivity contribution < 1.29 is 0 Å². The van der Waals surface area contributed by atoms with Crippen LogP contribution >= 0.6 is 23.4 Å². The molecule has 0 aliphatic rings. The quantitative estimate of drug-likeness (QED) is 0.609. The number of nitrogens with two attached hydrogens (primary N) is 1. The van der Waals surface area contributed by atoms with Crippen LogP contribution in [0.3, 0.4) is 0 Å². The Balaban J connectivity index is 2.67. The molecule has 0 amide bonds. The molecular formula is C12H18ClNS. The normalized spacial score (nSPS) is 10.6. The molecule has 0 spiro atoms. The average Bonchev–Trinajstić information content (AvgIpc) is 2.22. The van der Waals surface area contributed by atoms with E-state index in [9.17, 15) is 0 Å². The number of hydrogen-bond acceptors (Lipinski definition) is 2. The van der Waals surface area contributed by atoms with Gasteiger partial charge in [-0.05, 0) is 48.9 Å². The maximum Gasteiger partial charge on any atom is 0.0409 e. The minimum absolute atomic E-state index is 0.682. The van der Waals surface area contributed by atoms with Crippen molar-refractivity contribution in [2.75, 3.05) is 12.3 Å². The molecule has 1 rings (SSSR count). The van der Waals surface area contributed by atoms with Crippen molar-refractivity contribution in [2.24, 2.45) is 5.73 Å². The summed E-state index contributed by atoms with van der Waals surface area (Å²) in [5, 5.41) is 0.804. The van der Waals surface area contributed by atoms with Gasteiger partial charge in [0.2, 0.25) is 0 Å². The topological polar surface area (TPSA) is 26.0 Å². The van der Waals surface area contributed by atoms with Crippen LogP contribution in [0.25, 0.3) is 0 Å². The predicted molar refractivity (Wildman–Crippen MR) is 69.8 cm³/mol. The Morgan fingerprint density at radius 3 is 2.87 bits per heavy atom. The standard InChI is InChI=1S/C12H18ClNS/c1-2-3-8-15-12-5-4-11(13)9-10(12)6-7-14/h4-5,9H,2-3,6-8,14H2,1H3. The fourth-order valence-corrected chi connectivity index (χ4v) is 2.72. The van der Waals surface area contributed by atoms with Crippen molar-refractivity contribution in [3.05, 3.63) is 28.8 Å². The van der Waals surface area contributed by atoms with Gasteiger partial charge in [0.15, 0.2) is 0 Å². The highest BCUT2D eigenvalue weighted by atomic mass is 35.5. The lowest BCUT2D eigenvalue weighted by Crippen LogP contribution is -2.03. The number of halogens is 1. The molecule has 0 atom stereocenters. The van der Waals surface area contributed by atoms with Crippen molar-refractivity contribution >= 4 is 23.4 Å². The van der Waals surface area contributed by atoms with E-state index in [0.717, 1.165) is 11.4 Å². The molecule has 0 aliphatic carbocycles. The SMILES string of the molecule is CCCCSc1ccc(Cl)cc1CCN. The summed E-state index contributed by atoms with van der Waals surface area (Å²) < 4.78 is 0.